The first-order valence-electron chi connectivity index (χ1n) is 9.77. The molecule has 29 heavy (non-hydrogen) atoms. The number of nitrogens with one attached hydrogen (secondary N) is 1. The van der Waals surface area contributed by atoms with Gasteiger partial charge in [-0.1, -0.05) is 30.3 Å². The minimum Gasteiger partial charge on any atom is -0.465 e. The molecule has 1 atom stereocenters. The molecule has 2 aromatic heterocycles. The number of benzene rings is 1. The molecule has 1 aromatic carbocycles. The van der Waals surface area contributed by atoms with E-state index in [1.165, 1.54) is 4.68 Å². The van der Waals surface area contributed by atoms with Gasteiger partial charge in [0.15, 0.2) is 0 Å². The summed E-state index contributed by atoms with van der Waals surface area (Å²) < 4.78 is 6.93. The summed E-state index contributed by atoms with van der Waals surface area (Å²) in [4.78, 5) is 27.0. The first kappa shape index (κ1) is 19.0. The molecule has 150 valence electrons. The van der Waals surface area contributed by atoms with Crippen molar-refractivity contribution < 1.29 is 9.21 Å². The van der Waals surface area contributed by atoms with Crippen molar-refractivity contribution in [3.05, 3.63) is 82.2 Å². The first-order valence-corrected chi connectivity index (χ1v) is 9.77. The van der Waals surface area contributed by atoms with E-state index in [0.29, 0.717) is 19.6 Å². The second-order valence-electron chi connectivity index (χ2n) is 7.36. The molecule has 0 spiro atoms. The minimum atomic E-state index is -0.146. The molecule has 3 heterocycles. The lowest BCUT2D eigenvalue weighted by molar-refractivity contribution is -0.124. The average Bonchev–Trinajstić information content (AvgIpc) is 3.38. The second-order valence-corrected chi connectivity index (χ2v) is 7.36. The van der Waals surface area contributed by atoms with Crippen molar-refractivity contribution in [2.75, 3.05) is 18.0 Å². The van der Waals surface area contributed by atoms with E-state index in [0.717, 1.165) is 35.7 Å². The van der Waals surface area contributed by atoms with Gasteiger partial charge in [0.25, 0.3) is 5.56 Å². The molecule has 4 rings (SSSR count). The number of rotatable bonds is 6. The highest BCUT2D eigenvalue weighted by atomic mass is 16.3. The van der Waals surface area contributed by atoms with Crippen molar-refractivity contribution in [1.29, 1.82) is 0 Å². The van der Waals surface area contributed by atoms with Crippen LogP contribution in [0.25, 0.3) is 0 Å². The smallest absolute Gasteiger partial charge is 0.269 e. The molecular weight excluding hydrogens is 368 g/mol. The summed E-state index contributed by atoms with van der Waals surface area (Å²) in [5.41, 5.74) is 1.64. The summed E-state index contributed by atoms with van der Waals surface area (Å²) in [7, 11) is 0. The lowest BCUT2D eigenvalue weighted by Gasteiger charge is -2.18. The van der Waals surface area contributed by atoms with Crippen LogP contribution in [0.15, 0.2) is 63.9 Å². The van der Waals surface area contributed by atoms with Gasteiger partial charge in [-0.2, -0.15) is 5.10 Å². The van der Waals surface area contributed by atoms with Crippen molar-refractivity contribution in [3.8, 4) is 0 Å². The molecule has 1 saturated heterocycles. The van der Waals surface area contributed by atoms with Crippen LogP contribution in [-0.4, -0.2) is 28.8 Å². The number of anilines is 1. The van der Waals surface area contributed by atoms with Crippen LogP contribution in [0.1, 0.15) is 23.5 Å². The predicted octanol–water partition coefficient (Wildman–Crippen LogP) is 2.34. The number of hydrogen-bond acceptors (Lipinski definition) is 5. The van der Waals surface area contributed by atoms with E-state index in [2.05, 4.69) is 10.4 Å². The van der Waals surface area contributed by atoms with Crippen LogP contribution in [0.2, 0.25) is 0 Å². The second kappa shape index (κ2) is 8.34. The number of amides is 1. The Morgan fingerprint density at radius 3 is 2.79 bits per heavy atom. The van der Waals surface area contributed by atoms with E-state index < -0.39 is 0 Å². The molecule has 0 radical (unpaired) electrons. The highest BCUT2D eigenvalue weighted by Gasteiger charge is 2.29. The van der Waals surface area contributed by atoms with Gasteiger partial charge in [-0.15, -0.1) is 0 Å². The van der Waals surface area contributed by atoms with Crippen molar-refractivity contribution >= 4 is 11.6 Å². The van der Waals surface area contributed by atoms with Crippen LogP contribution in [0.4, 0.5) is 5.69 Å². The third-order valence-electron chi connectivity index (χ3n) is 5.19. The van der Waals surface area contributed by atoms with Crippen molar-refractivity contribution in [2.24, 2.45) is 5.92 Å². The maximum Gasteiger partial charge on any atom is 0.269 e. The molecule has 1 fully saturated rings. The fraction of sp³-hybridized carbons (Fsp3) is 0.318. The van der Waals surface area contributed by atoms with Crippen LogP contribution in [-0.2, 0) is 17.9 Å². The quantitative estimate of drug-likeness (QED) is 0.696. The number of nitrogens with zero attached hydrogens (tertiary/aromatic N) is 3. The Morgan fingerprint density at radius 2 is 2.07 bits per heavy atom. The van der Waals surface area contributed by atoms with Gasteiger partial charge in [0.2, 0.25) is 5.91 Å². The number of furan rings is 1. The van der Waals surface area contributed by atoms with Crippen LogP contribution < -0.4 is 15.8 Å². The van der Waals surface area contributed by atoms with Crippen LogP contribution in [0, 0.1) is 12.8 Å². The Balaban J connectivity index is 1.35. The van der Waals surface area contributed by atoms with Gasteiger partial charge < -0.3 is 14.6 Å². The van der Waals surface area contributed by atoms with Gasteiger partial charge in [0.1, 0.15) is 11.5 Å². The van der Waals surface area contributed by atoms with Gasteiger partial charge in [-0.25, -0.2) is 4.68 Å². The van der Waals surface area contributed by atoms with Crippen LogP contribution in [0.5, 0.6) is 0 Å². The van der Waals surface area contributed by atoms with Crippen molar-refractivity contribution in [1.82, 2.24) is 15.1 Å². The van der Waals surface area contributed by atoms with Gasteiger partial charge in [0.05, 0.1) is 30.9 Å². The molecule has 3 aromatic rings. The topological polar surface area (TPSA) is 80.4 Å². The predicted molar refractivity (Wildman–Crippen MR) is 110 cm³/mol. The summed E-state index contributed by atoms with van der Waals surface area (Å²) in [6.45, 7) is 4.01. The van der Waals surface area contributed by atoms with E-state index in [-0.39, 0.29) is 17.4 Å². The molecule has 1 aliphatic heterocycles. The zero-order chi connectivity index (χ0) is 20.2. The lowest BCUT2D eigenvalue weighted by Crippen LogP contribution is -2.33. The van der Waals surface area contributed by atoms with Gasteiger partial charge in [-0.3, -0.25) is 9.59 Å². The molecule has 1 N–H and O–H groups in total. The molecular formula is C22H24N4O3. The SMILES string of the molecule is Cc1ccc(CNC(=O)C2CCN(c3cnn(Cc4ccccc4)c(=O)c3)C2)o1. The molecule has 1 unspecified atom stereocenters. The fourth-order valence-electron chi connectivity index (χ4n) is 3.58. The van der Waals surface area contributed by atoms with Crippen molar-refractivity contribution in [2.45, 2.75) is 26.4 Å². The average molecular weight is 392 g/mol. The maximum absolute atomic E-state index is 12.5. The highest BCUT2D eigenvalue weighted by Crippen LogP contribution is 2.22. The Bertz CT molecular complexity index is 1040. The third kappa shape index (κ3) is 4.56. The Hall–Kier alpha value is -3.35. The number of carbonyl (C=O) groups excluding carboxylic acids is 1. The first-order chi connectivity index (χ1) is 14.1. The van der Waals surface area contributed by atoms with E-state index >= 15 is 0 Å². The molecule has 1 amide bonds. The Kier molecular flexibility index (Phi) is 5.46. The van der Waals surface area contributed by atoms with Gasteiger partial charge in [0, 0.05) is 19.2 Å². The number of aromatic nitrogens is 2. The lowest BCUT2D eigenvalue weighted by atomic mass is 10.1. The molecule has 0 aliphatic carbocycles. The number of aryl methyl sites for hydroxylation is 1. The van der Waals surface area contributed by atoms with Crippen molar-refractivity contribution in [3.63, 3.8) is 0 Å². The molecule has 7 heteroatoms. The van der Waals surface area contributed by atoms with Gasteiger partial charge in [-0.05, 0) is 31.0 Å². The van der Waals surface area contributed by atoms with E-state index in [1.54, 1.807) is 12.3 Å². The minimum absolute atomic E-state index is 0.00642. The largest absolute Gasteiger partial charge is 0.465 e. The molecule has 0 bridgehead atoms. The number of hydrogen-bond donors (Lipinski definition) is 1. The van der Waals surface area contributed by atoms with Gasteiger partial charge >= 0.3 is 0 Å². The third-order valence-corrected chi connectivity index (χ3v) is 5.19. The zero-order valence-corrected chi connectivity index (χ0v) is 16.4. The molecule has 1 aliphatic rings. The highest BCUT2D eigenvalue weighted by molar-refractivity contribution is 5.80. The Morgan fingerprint density at radius 1 is 1.24 bits per heavy atom. The summed E-state index contributed by atoms with van der Waals surface area (Å²) in [5.74, 6) is 1.47. The van der Waals surface area contributed by atoms with E-state index in [1.807, 2.05) is 54.3 Å². The Labute approximate surface area is 169 Å². The summed E-state index contributed by atoms with van der Waals surface area (Å²) in [5, 5.41) is 7.25. The zero-order valence-electron chi connectivity index (χ0n) is 16.4. The monoisotopic (exact) mass is 392 g/mol. The standard InChI is InChI=1S/C22H24N4O3/c1-16-7-8-20(29-16)13-23-22(28)18-9-10-25(15-18)19-11-21(27)26(24-12-19)14-17-5-3-2-4-6-17/h2-8,11-12,18H,9-10,13-15H2,1H3,(H,23,28). The van der Waals surface area contributed by atoms with Crippen LogP contribution in [0.3, 0.4) is 0 Å². The maximum atomic E-state index is 12.5. The number of carbonyl (C=O) groups is 1. The molecule has 7 nitrogen and oxygen atoms in total. The van der Waals surface area contributed by atoms with E-state index in [4.69, 9.17) is 4.42 Å². The summed E-state index contributed by atoms with van der Waals surface area (Å²) >= 11 is 0. The van der Waals surface area contributed by atoms with Crippen LogP contribution >= 0.6 is 0 Å². The summed E-state index contributed by atoms with van der Waals surface area (Å²) in [6, 6.07) is 15.1. The molecule has 0 saturated carbocycles. The fourth-order valence-corrected chi connectivity index (χ4v) is 3.58. The van der Waals surface area contributed by atoms with E-state index in [9.17, 15) is 9.59 Å². The summed E-state index contributed by atoms with van der Waals surface area (Å²) in [6.07, 6.45) is 2.45. The normalized spacial score (nSPS) is 16.2.